The Bertz CT molecular complexity index is 908. The second-order valence-corrected chi connectivity index (χ2v) is 5.31. The van der Waals surface area contributed by atoms with Crippen LogP contribution in [0.3, 0.4) is 0 Å². The summed E-state index contributed by atoms with van der Waals surface area (Å²) in [6.07, 6.45) is 1.63. The van der Waals surface area contributed by atoms with E-state index in [0.29, 0.717) is 16.5 Å². The molecule has 0 saturated carbocycles. The van der Waals surface area contributed by atoms with Crippen molar-refractivity contribution in [3.05, 3.63) is 59.3 Å². The van der Waals surface area contributed by atoms with Crippen LogP contribution in [0.1, 0.15) is 11.1 Å². The number of aromatic amines is 1. The average Bonchev–Trinajstić information content (AvgIpc) is 2.97. The van der Waals surface area contributed by atoms with E-state index in [1.807, 2.05) is 0 Å². The Hall–Kier alpha value is -2.51. The summed E-state index contributed by atoms with van der Waals surface area (Å²) in [6.45, 7) is -0.412. The van der Waals surface area contributed by atoms with E-state index in [1.54, 1.807) is 12.3 Å². The topological polar surface area (TPSA) is 71.3 Å². The van der Waals surface area contributed by atoms with Crippen LogP contribution in [0.4, 0.5) is 8.78 Å². The largest absolute Gasteiger partial charge is 0.454 e. The monoisotopic (exact) mass is 334 g/mol. The second-order valence-electron chi connectivity index (χ2n) is 4.87. The van der Waals surface area contributed by atoms with Crippen LogP contribution in [0.25, 0.3) is 10.9 Å². The molecule has 0 saturated heterocycles. The van der Waals surface area contributed by atoms with Gasteiger partial charge in [0.1, 0.15) is 16.6 Å². The van der Waals surface area contributed by atoms with Crippen molar-refractivity contribution in [1.29, 1.82) is 0 Å². The number of hydrogen-bond acceptors (Lipinski definition) is 3. The minimum Gasteiger partial charge on any atom is -0.454 e. The molecule has 118 valence electrons. The smallest absolute Gasteiger partial charge is 0.169 e. The minimum atomic E-state index is -0.648. The first-order valence-corrected chi connectivity index (χ1v) is 7.08. The lowest BCUT2D eigenvalue weighted by atomic mass is 10.1. The van der Waals surface area contributed by atoms with Gasteiger partial charge in [0.05, 0.1) is 6.61 Å². The van der Waals surface area contributed by atoms with Gasteiger partial charge < -0.3 is 20.6 Å². The Morgan fingerprint density at radius 3 is 2.70 bits per heavy atom. The Labute approximate surface area is 135 Å². The zero-order chi connectivity index (χ0) is 16.6. The summed E-state index contributed by atoms with van der Waals surface area (Å²) >= 11 is 4.76. The number of halogens is 2. The maximum atomic E-state index is 14.3. The number of thiocarbonyl (C=S) groups is 1. The highest BCUT2D eigenvalue weighted by molar-refractivity contribution is 7.80. The number of ether oxygens (including phenoxy) is 1. The van der Waals surface area contributed by atoms with Crippen LogP contribution in [-0.2, 0) is 6.61 Å². The Morgan fingerprint density at radius 1 is 1.22 bits per heavy atom. The summed E-state index contributed by atoms with van der Waals surface area (Å²) in [4.78, 5) is 2.74. The van der Waals surface area contributed by atoms with Crippen LogP contribution in [0.15, 0.2) is 36.5 Å². The molecule has 3 aromatic rings. The highest BCUT2D eigenvalue weighted by atomic mass is 32.1. The van der Waals surface area contributed by atoms with Gasteiger partial charge in [-0.1, -0.05) is 12.2 Å². The van der Waals surface area contributed by atoms with Crippen LogP contribution in [0, 0.1) is 11.6 Å². The molecule has 0 fully saturated rings. The first-order chi connectivity index (χ1) is 11.0. The quantitative estimate of drug-likeness (QED) is 0.640. The molecule has 1 aromatic heterocycles. The van der Waals surface area contributed by atoms with E-state index in [-0.39, 0.29) is 22.1 Å². The lowest BCUT2D eigenvalue weighted by molar-refractivity contribution is 0.276. The molecule has 0 spiro atoms. The van der Waals surface area contributed by atoms with Gasteiger partial charge in [-0.3, -0.25) is 0 Å². The van der Waals surface area contributed by atoms with Gasteiger partial charge in [-0.05, 0) is 24.3 Å². The summed E-state index contributed by atoms with van der Waals surface area (Å²) in [5.74, 6) is -1.20. The lowest BCUT2D eigenvalue weighted by Gasteiger charge is -2.13. The van der Waals surface area contributed by atoms with E-state index in [0.717, 1.165) is 6.07 Å². The number of aliphatic hydroxyl groups is 1. The van der Waals surface area contributed by atoms with Gasteiger partial charge in [0.2, 0.25) is 0 Å². The fourth-order valence-electron chi connectivity index (χ4n) is 2.37. The van der Waals surface area contributed by atoms with Crippen molar-refractivity contribution < 1.29 is 18.6 Å². The van der Waals surface area contributed by atoms with Crippen molar-refractivity contribution in [2.24, 2.45) is 5.73 Å². The van der Waals surface area contributed by atoms with Crippen molar-refractivity contribution >= 4 is 28.1 Å². The first kappa shape index (κ1) is 15.4. The number of nitrogens with two attached hydrogens (primary N) is 1. The SMILES string of the molecule is NC(=S)c1cc(Oc2c(F)cc3[nH]ccc3c2CO)ccc1F. The van der Waals surface area contributed by atoms with Crippen molar-refractivity contribution in [1.82, 2.24) is 4.98 Å². The maximum Gasteiger partial charge on any atom is 0.169 e. The van der Waals surface area contributed by atoms with Gasteiger partial charge in [0.25, 0.3) is 0 Å². The molecule has 3 rings (SSSR count). The van der Waals surface area contributed by atoms with Crippen LogP contribution < -0.4 is 10.5 Å². The number of H-pyrrole nitrogens is 1. The molecule has 0 aliphatic rings. The average molecular weight is 334 g/mol. The number of benzene rings is 2. The normalized spacial score (nSPS) is 10.9. The second kappa shape index (κ2) is 5.94. The molecule has 4 nitrogen and oxygen atoms in total. The van der Waals surface area contributed by atoms with Gasteiger partial charge in [0.15, 0.2) is 11.6 Å². The Morgan fingerprint density at radius 2 is 2.00 bits per heavy atom. The number of aromatic nitrogens is 1. The minimum absolute atomic E-state index is 0.00572. The van der Waals surface area contributed by atoms with Crippen LogP contribution in [0.2, 0.25) is 0 Å². The number of hydrogen-bond donors (Lipinski definition) is 3. The lowest BCUT2D eigenvalue weighted by Crippen LogP contribution is -2.11. The highest BCUT2D eigenvalue weighted by Gasteiger charge is 2.17. The maximum absolute atomic E-state index is 14.3. The summed E-state index contributed by atoms with van der Waals surface area (Å²) in [7, 11) is 0. The molecular formula is C16H12F2N2O2S. The van der Waals surface area contributed by atoms with Crippen LogP contribution in [-0.4, -0.2) is 15.1 Å². The standard InChI is InChI=1S/C16H12F2N2O2S/c17-12-2-1-8(5-10(12)16(19)23)22-15-11(7-21)9-3-4-20-14(9)6-13(15)18/h1-6,20-21H,7H2,(H2,19,23). The van der Waals surface area contributed by atoms with E-state index in [1.165, 1.54) is 18.2 Å². The van der Waals surface area contributed by atoms with E-state index in [4.69, 9.17) is 22.7 Å². The molecule has 0 bridgehead atoms. The summed E-state index contributed by atoms with van der Waals surface area (Å²) in [5.41, 5.74) is 6.28. The van der Waals surface area contributed by atoms with Crippen LogP contribution in [0.5, 0.6) is 11.5 Å². The molecule has 4 N–H and O–H groups in total. The summed E-state index contributed by atoms with van der Waals surface area (Å²) in [5, 5.41) is 10.2. The first-order valence-electron chi connectivity index (χ1n) is 6.67. The molecule has 0 aliphatic carbocycles. The van der Waals surface area contributed by atoms with Crippen molar-refractivity contribution in [3.8, 4) is 11.5 Å². The molecule has 23 heavy (non-hydrogen) atoms. The molecule has 1 heterocycles. The predicted octanol–water partition coefficient (Wildman–Crippen LogP) is 3.36. The molecule has 0 aliphatic heterocycles. The van der Waals surface area contributed by atoms with E-state index in [9.17, 15) is 13.9 Å². The predicted molar refractivity (Wildman–Crippen MR) is 86.5 cm³/mol. The van der Waals surface area contributed by atoms with E-state index in [2.05, 4.69) is 4.98 Å². The van der Waals surface area contributed by atoms with Gasteiger partial charge in [0, 0.05) is 34.3 Å². The number of fused-ring (bicyclic) bond motifs is 1. The van der Waals surface area contributed by atoms with Crippen molar-refractivity contribution in [3.63, 3.8) is 0 Å². The van der Waals surface area contributed by atoms with Gasteiger partial charge in [-0.2, -0.15) is 0 Å². The third-order valence-electron chi connectivity index (χ3n) is 3.45. The number of rotatable bonds is 4. The van der Waals surface area contributed by atoms with Gasteiger partial charge >= 0.3 is 0 Å². The molecule has 0 unspecified atom stereocenters. The molecule has 0 atom stereocenters. The molecule has 2 aromatic carbocycles. The highest BCUT2D eigenvalue weighted by Crippen LogP contribution is 2.34. The van der Waals surface area contributed by atoms with E-state index >= 15 is 0 Å². The van der Waals surface area contributed by atoms with E-state index < -0.39 is 18.2 Å². The number of nitrogens with one attached hydrogen (secondary N) is 1. The Kier molecular flexibility index (Phi) is 3.97. The fourth-order valence-corrected chi connectivity index (χ4v) is 2.52. The summed E-state index contributed by atoms with van der Waals surface area (Å²) in [6, 6.07) is 6.73. The van der Waals surface area contributed by atoms with Gasteiger partial charge in [-0.15, -0.1) is 0 Å². The van der Waals surface area contributed by atoms with Gasteiger partial charge in [-0.25, -0.2) is 8.78 Å². The Balaban J connectivity index is 2.09. The summed E-state index contributed by atoms with van der Waals surface area (Å²) < 4.78 is 33.4. The zero-order valence-corrected chi connectivity index (χ0v) is 12.6. The van der Waals surface area contributed by atoms with Crippen molar-refractivity contribution in [2.75, 3.05) is 0 Å². The van der Waals surface area contributed by atoms with Crippen molar-refractivity contribution in [2.45, 2.75) is 6.61 Å². The third-order valence-corrected chi connectivity index (χ3v) is 3.67. The third kappa shape index (κ3) is 2.76. The molecule has 7 heteroatoms. The fraction of sp³-hybridized carbons (Fsp3) is 0.0625. The van der Waals surface area contributed by atoms with Crippen LogP contribution >= 0.6 is 12.2 Å². The molecule has 0 radical (unpaired) electrons. The molecule has 0 amide bonds. The zero-order valence-electron chi connectivity index (χ0n) is 11.8. The molecular weight excluding hydrogens is 322 g/mol. The number of aliphatic hydroxyl groups excluding tert-OH is 1.